The highest BCUT2D eigenvalue weighted by atomic mass is 19.1. The molecule has 0 spiro atoms. The van der Waals surface area contributed by atoms with Gasteiger partial charge in [-0.3, -0.25) is 9.78 Å². The molecule has 2 heterocycles. The molecular formula is C17H19FN4O2. The third-order valence-electron chi connectivity index (χ3n) is 3.92. The Morgan fingerprint density at radius 1 is 1.25 bits per heavy atom. The van der Waals surface area contributed by atoms with Crippen LogP contribution in [0.4, 0.5) is 10.2 Å². The highest BCUT2D eigenvalue weighted by Crippen LogP contribution is 2.16. The first kappa shape index (κ1) is 16.2. The molecule has 126 valence electrons. The predicted octanol–water partition coefficient (Wildman–Crippen LogP) is 1.73. The molecule has 1 aromatic heterocycles. The summed E-state index contributed by atoms with van der Waals surface area (Å²) in [6.07, 6.45) is 4.35. The molecule has 1 atom stereocenters. The van der Waals surface area contributed by atoms with E-state index in [1.54, 1.807) is 42.5 Å². The van der Waals surface area contributed by atoms with Crippen LogP contribution < -0.4 is 9.64 Å². The number of hydrogen-bond donors (Lipinski definition) is 0. The first-order chi connectivity index (χ1) is 11.6. The van der Waals surface area contributed by atoms with Gasteiger partial charge in [-0.25, -0.2) is 9.37 Å². The predicted molar refractivity (Wildman–Crippen MR) is 87.3 cm³/mol. The number of ether oxygens (including phenoxy) is 1. The van der Waals surface area contributed by atoms with Gasteiger partial charge < -0.3 is 14.5 Å². The van der Waals surface area contributed by atoms with Gasteiger partial charge in [0.05, 0.1) is 6.20 Å². The van der Waals surface area contributed by atoms with E-state index in [0.717, 1.165) is 5.82 Å². The Morgan fingerprint density at radius 3 is 2.71 bits per heavy atom. The zero-order valence-electron chi connectivity index (χ0n) is 13.4. The molecule has 0 radical (unpaired) electrons. The number of aromatic nitrogens is 2. The summed E-state index contributed by atoms with van der Waals surface area (Å²) in [6.45, 7) is 4.25. The average molecular weight is 330 g/mol. The molecule has 24 heavy (non-hydrogen) atoms. The van der Waals surface area contributed by atoms with E-state index in [9.17, 15) is 9.18 Å². The van der Waals surface area contributed by atoms with Crippen LogP contribution in [0.5, 0.6) is 5.75 Å². The molecule has 1 unspecified atom stereocenters. The van der Waals surface area contributed by atoms with Crippen molar-refractivity contribution in [2.45, 2.75) is 13.0 Å². The van der Waals surface area contributed by atoms with Crippen molar-refractivity contribution in [1.29, 1.82) is 0 Å². The molecule has 6 nitrogen and oxygen atoms in total. The summed E-state index contributed by atoms with van der Waals surface area (Å²) in [6, 6.07) is 5.81. The van der Waals surface area contributed by atoms with Crippen molar-refractivity contribution in [2.24, 2.45) is 0 Å². The lowest BCUT2D eigenvalue weighted by Gasteiger charge is -2.36. The van der Waals surface area contributed by atoms with Crippen molar-refractivity contribution >= 4 is 11.7 Å². The van der Waals surface area contributed by atoms with Crippen LogP contribution >= 0.6 is 0 Å². The minimum atomic E-state index is -0.658. The number of anilines is 1. The second-order valence-electron chi connectivity index (χ2n) is 5.59. The molecule has 7 heteroatoms. The highest BCUT2D eigenvalue weighted by Gasteiger charge is 2.26. The van der Waals surface area contributed by atoms with Crippen molar-refractivity contribution in [2.75, 3.05) is 31.1 Å². The quantitative estimate of drug-likeness (QED) is 0.854. The number of benzene rings is 1. The van der Waals surface area contributed by atoms with Gasteiger partial charge in [-0.15, -0.1) is 0 Å². The zero-order chi connectivity index (χ0) is 16.9. The summed E-state index contributed by atoms with van der Waals surface area (Å²) in [5, 5.41) is 0. The summed E-state index contributed by atoms with van der Waals surface area (Å²) in [7, 11) is 0. The summed E-state index contributed by atoms with van der Waals surface area (Å²) in [5.41, 5.74) is 0. The van der Waals surface area contributed by atoms with Gasteiger partial charge in [0, 0.05) is 44.6 Å². The van der Waals surface area contributed by atoms with E-state index in [1.165, 1.54) is 12.1 Å². The van der Waals surface area contributed by atoms with Crippen molar-refractivity contribution in [3.8, 4) is 5.75 Å². The maximum absolute atomic E-state index is 13.2. The van der Waals surface area contributed by atoms with Crippen LogP contribution in [-0.4, -0.2) is 53.1 Å². The monoisotopic (exact) mass is 330 g/mol. The Bertz CT molecular complexity index is 690. The standard InChI is InChI=1S/C17H19FN4O2/c1-13(24-15-4-2-3-14(18)11-15)17(23)22-9-7-21(8-10-22)16-12-19-5-6-20-16/h2-6,11-13H,7-10H2,1H3. The average Bonchev–Trinajstić information content (AvgIpc) is 2.62. The number of halogens is 1. The number of hydrogen-bond acceptors (Lipinski definition) is 5. The van der Waals surface area contributed by atoms with Crippen LogP contribution in [0.3, 0.4) is 0 Å². The summed E-state index contributed by atoms with van der Waals surface area (Å²) in [4.78, 5) is 24.7. The third-order valence-corrected chi connectivity index (χ3v) is 3.92. The number of carbonyl (C=O) groups is 1. The summed E-state index contributed by atoms with van der Waals surface area (Å²) < 4.78 is 18.7. The number of piperazine rings is 1. The van der Waals surface area contributed by atoms with Gasteiger partial charge in [-0.2, -0.15) is 0 Å². The van der Waals surface area contributed by atoms with Gasteiger partial charge in [-0.05, 0) is 19.1 Å². The minimum Gasteiger partial charge on any atom is -0.481 e. The molecule has 0 aliphatic carbocycles. The number of carbonyl (C=O) groups excluding carboxylic acids is 1. The molecule has 1 saturated heterocycles. The van der Waals surface area contributed by atoms with Crippen molar-refractivity contribution < 1.29 is 13.9 Å². The van der Waals surface area contributed by atoms with Gasteiger partial charge in [0.2, 0.25) is 0 Å². The lowest BCUT2D eigenvalue weighted by molar-refractivity contribution is -0.138. The zero-order valence-corrected chi connectivity index (χ0v) is 13.4. The first-order valence-electron chi connectivity index (χ1n) is 7.85. The fraction of sp³-hybridized carbons (Fsp3) is 0.353. The normalized spacial score (nSPS) is 15.9. The fourth-order valence-electron chi connectivity index (χ4n) is 2.66. The molecule has 0 bridgehead atoms. The van der Waals surface area contributed by atoms with E-state index in [2.05, 4.69) is 14.9 Å². The molecule has 0 saturated carbocycles. The van der Waals surface area contributed by atoms with E-state index in [1.807, 2.05) is 0 Å². The number of nitrogens with zero attached hydrogens (tertiary/aromatic N) is 4. The topological polar surface area (TPSA) is 58.6 Å². The van der Waals surface area contributed by atoms with Crippen LogP contribution in [0.1, 0.15) is 6.92 Å². The summed E-state index contributed by atoms with van der Waals surface area (Å²) >= 11 is 0. The second-order valence-corrected chi connectivity index (χ2v) is 5.59. The van der Waals surface area contributed by atoms with E-state index in [0.29, 0.717) is 31.9 Å². The Balaban J connectivity index is 1.55. The van der Waals surface area contributed by atoms with Crippen LogP contribution in [0.2, 0.25) is 0 Å². The summed E-state index contributed by atoms with van der Waals surface area (Å²) in [5.74, 6) is 0.686. The van der Waals surface area contributed by atoms with Gasteiger partial charge in [0.25, 0.3) is 5.91 Å². The SMILES string of the molecule is CC(Oc1cccc(F)c1)C(=O)N1CCN(c2cnccn2)CC1. The molecule has 2 aromatic rings. The Hall–Kier alpha value is -2.70. The highest BCUT2D eigenvalue weighted by molar-refractivity contribution is 5.81. The van der Waals surface area contributed by atoms with E-state index >= 15 is 0 Å². The first-order valence-corrected chi connectivity index (χ1v) is 7.85. The minimum absolute atomic E-state index is 0.0990. The van der Waals surface area contributed by atoms with Crippen LogP contribution in [-0.2, 0) is 4.79 Å². The van der Waals surface area contributed by atoms with Gasteiger partial charge in [-0.1, -0.05) is 6.07 Å². The Kier molecular flexibility index (Phi) is 4.88. The van der Waals surface area contributed by atoms with Crippen LogP contribution in [0.25, 0.3) is 0 Å². The molecular weight excluding hydrogens is 311 g/mol. The molecule has 1 aliphatic rings. The molecule has 3 rings (SSSR count). The van der Waals surface area contributed by atoms with Crippen LogP contribution in [0, 0.1) is 5.82 Å². The van der Waals surface area contributed by atoms with Crippen molar-refractivity contribution in [3.63, 3.8) is 0 Å². The van der Waals surface area contributed by atoms with Gasteiger partial charge >= 0.3 is 0 Å². The van der Waals surface area contributed by atoms with E-state index < -0.39 is 6.10 Å². The Morgan fingerprint density at radius 2 is 2.04 bits per heavy atom. The van der Waals surface area contributed by atoms with Crippen molar-refractivity contribution in [1.82, 2.24) is 14.9 Å². The molecule has 1 aromatic carbocycles. The number of rotatable bonds is 4. The maximum Gasteiger partial charge on any atom is 0.263 e. The van der Waals surface area contributed by atoms with E-state index in [-0.39, 0.29) is 11.7 Å². The molecule has 1 aliphatic heterocycles. The van der Waals surface area contributed by atoms with Gasteiger partial charge in [0.15, 0.2) is 6.10 Å². The fourth-order valence-corrected chi connectivity index (χ4v) is 2.66. The van der Waals surface area contributed by atoms with E-state index in [4.69, 9.17) is 4.74 Å². The lowest BCUT2D eigenvalue weighted by Crippen LogP contribution is -2.52. The molecule has 1 fully saturated rings. The molecule has 0 N–H and O–H groups in total. The number of amides is 1. The maximum atomic E-state index is 13.2. The Labute approximate surface area is 139 Å². The molecule has 1 amide bonds. The largest absolute Gasteiger partial charge is 0.481 e. The van der Waals surface area contributed by atoms with Gasteiger partial charge in [0.1, 0.15) is 17.4 Å². The lowest BCUT2D eigenvalue weighted by atomic mass is 10.2. The van der Waals surface area contributed by atoms with Crippen molar-refractivity contribution in [3.05, 3.63) is 48.7 Å². The second kappa shape index (κ2) is 7.25. The third kappa shape index (κ3) is 3.79. The van der Waals surface area contributed by atoms with Crippen LogP contribution in [0.15, 0.2) is 42.9 Å². The smallest absolute Gasteiger partial charge is 0.263 e.